The Balaban J connectivity index is 1.27. The quantitative estimate of drug-likeness (QED) is 0.530. The van der Waals surface area contributed by atoms with Crippen LogP contribution in [0.5, 0.6) is 0 Å². The smallest absolute Gasteiger partial charge is 0.276 e. The molecule has 0 radical (unpaired) electrons. The van der Waals surface area contributed by atoms with E-state index in [0.717, 1.165) is 68.7 Å². The van der Waals surface area contributed by atoms with Crippen LogP contribution in [0.15, 0.2) is 41.6 Å². The van der Waals surface area contributed by atoms with Crippen molar-refractivity contribution in [1.82, 2.24) is 33.9 Å². The Kier molecular flexibility index (Phi) is 4.80. The summed E-state index contributed by atoms with van der Waals surface area (Å²) in [6, 6.07) is 6.03. The van der Waals surface area contributed by atoms with Gasteiger partial charge in [0.1, 0.15) is 17.3 Å². The highest BCUT2D eigenvalue weighted by Gasteiger charge is 2.34. The minimum absolute atomic E-state index is 0.119. The number of H-pyrrole nitrogens is 1. The summed E-state index contributed by atoms with van der Waals surface area (Å²) in [4.78, 5) is 27.6. The van der Waals surface area contributed by atoms with Crippen molar-refractivity contribution in [3.8, 4) is 0 Å². The molecular formula is C23H27N7O2. The third kappa shape index (κ3) is 3.41. The van der Waals surface area contributed by atoms with Crippen molar-refractivity contribution in [2.45, 2.75) is 38.1 Å². The van der Waals surface area contributed by atoms with E-state index in [1.54, 1.807) is 10.7 Å². The molecule has 4 aromatic heterocycles. The van der Waals surface area contributed by atoms with Gasteiger partial charge in [-0.2, -0.15) is 5.10 Å². The zero-order valence-corrected chi connectivity index (χ0v) is 18.1. The molecule has 0 saturated carbocycles. The lowest BCUT2D eigenvalue weighted by Gasteiger charge is -2.21. The van der Waals surface area contributed by atoms with Crippen LogP contribution in [0.1, 0.15) is 48.9 Å². The highest BCUT2D eigenvalue weighted by atomic mass is 16.5. The molecule has 6 rings (SSSR count). The summed E-state index contributed by atoms with van der Waals surface area (Å²) in [5.74, 6) is 2.44. The number of imidazole rings is 2. The van der Waals surface area contributed by atoms with Gasteiger partial charge in [0.2, 0.25) is 0 Å². The van der Waals surface area contributed by atoms with Gasteiger partial charge in [0.05, 0.1) is 11.9 Å². The fraction of sp³-hybridized carbons (Fsp3) is 0.478. The minimum Gasteiger partial charge on any atom is -0.381 e. The van der Waals surface area contributed by atoms with Crippen LogP contribution in [-0.2, 0) is 11.3 Å². The number of likely N-dealkylation sites (tertiary alicyclic amines) is 1. The van der Waals surface area contributed by atoms with Gasteiger partial charge in [0, 0.05) is 57.1 Å². The van der Waals surface area contributed by atoms with Gasteiger partial charge < -0.3 is 14.1 Å². The van der Waals surface area contributed by atoms with Crippen LogP contribution in [0.4, 0.5) is 0 Å². The monoisotopic (exact) mass is 433 g/mol. The van der Waals surface area contributed by atoms with E-state index >= 15 is 0 Å². The lowest BCUT2D eigenvalue weighted by atomic mass is 9.97. The molecule has 2 aliphatic heterocycles. The summed E-state index contributed by atoms with van der Waals surface area (Å²) in [6.45, 7) is 6.25. The number of hydrogen-bond donors (Lipinski definition) is 1. The summed E-state index contributed by atoms with van der Waals surface area (Å²) in [6.07, 6.45) is 7.58. The fourth-order valence-corrected chi connectivity index (χ4v) is 5.18. The Hall–Kier alpha value is -3.04. The molecule has 6 heterocycles. The topological polar surface area (TPSA) is 92.8 Å². The average Bonchev–Trinajstić information content (AvgIpc) is 3.50. The van der Waals surface area contributed by atoms with E-state index in [1.807, 2.05) is 24.4 Å². The number of aromatic amines is 1. The third-order valence-electron chi connectivity index (χ3n) is 6.87. The van der Waals surface area contributed by atoms with Crippen LogP contribution < -0.4 is 5.56 Å². The Morgan fingerprint density at radius 3 is 2.94 bits per heavy atom. The molecule has 0 aliphatic carbocycles. The molecule has 2 fully saturated rings. The Morgan fingerprint density at radius 2 is 2.09 bits per heavy atom. The van der Waals surface area contributed by atoms with E-state index in [4.69, 9.17) is 14.8 Å². The van der Waals surface area contributed by atoms with Crippen molar-refractivity contribution >= 4 is 11.2 Å². The highest BCUT2D eigenvalue weighted by molar-refractivity contribution is 5.43. The van der Waals surface area contributed by atoms with E-state index in [-0.39, 0.29) is 17.4 Å². The normalized spacial score (nSPS) is 22.9. The molecule has 32 heavy (non-hydrogen) atoms. The Bertz CT molecular complexity index is 1280. The SMILES string of the molecule is CC1CN(Cc2cn3ccccc3n2)CC1c1nn2c(C3CCOCC3)ncc2c(=O)[nH]1. The van der Waals surface area contributed by atoms with E-state index in [1.165, 1.54) is 0 Å². The summed E-state index contributed by atoms with van der Waals surface area (Å²) in [7, 11) is 0. The van der Waals surface area contributed by atoms with Crippen LogP contribution in [0.3, 0.4) is 0 Å². The van der Waals surface area contributed by atoms with E-state index < -0.39 is 0 Å². The third-order valence-corrected chi connectivity index (χ3v) is 6.87. The summed E-state index contributed by atoms with van der Waals surface area (Å²) >= 11 is 0. The number of rotatable bonds is 4. The summed E-state index contributed by atoms with van der Waals surface area (Å²) in [5, 5.41) is 4.89. The number of ether oxygens (including phenoxy) is 1. The van der Waals surface area contributed by atoms with Crippen LogP contribution in [0.2, 0.25) is 0 Å². The standard InChI is InChI=1S/C23H27N7O2/c1-15-11-28(12-17-13-29-7-3-2-4-20(29)25-17)14-18(15)21-26-23(31)19-10-24-22(30(19)27-21)16-5-8-32-9-6-16/h2-4,7,10,13,15-16,18H,5-6,8-9,11-12,14H2,1H3,(H,26,27,31). The molecule has 2 atom stereocenters. The molecule has 9 nitrogen and oxygen atoms in total. The maximum absolute atomic E-state index is 12.8. The number of pyridine rings is 1. The largest absolute Gasteiger partial charge is 0.381 e. The number of aromatic nitrogens is 6. The summed E-state index contributed by atoms with van der Waals surface area (Å²) in [5.41, 5.74) is 2.41. The van der Waals surface area contributed by atoms with Crippen LogP contribution in [0, 0.1) is 5.92 Å². The average molecular weight is 434 g/mol. The van der Waals surface area contributed by atoms with Crippen molar-refractivity contribution in [1.29, 1.82) is 0 Å². The lowest BCUT2D eigenvalue weighted by Crippen LogP contribution is -2.24. The maximum Gasteiger partial charge on any atom is 0.276 e. The molecule has 9 heteroatoms. The zero-order valence-electron chi connectivity index (χ0n) is 18.1. The molecule has 0 aromatic carbocycles. The molecule has 0 amide bonds. The molecule has 1 N–H and O–H groups in total. The first-order chi connectivity index (χ1) is 15.7. The van der Waals surface area contributed by atoms with Crippen molar-refractivity contribution in [2.75, 3.05) is 26.3 Å². The molecule has 2 saturated heterocycles. The van der Waals surface area contributed by atoms with Gasteiger partial charge in [-0.05, 0) is 30.9 Å². The first-order valence-electron chi connectivity index (χ1n) is 11.4. The van der Waals surface area contributed by atoms with Crippen molar-refractivity contribution in [3.63, 3.8) is 0 Å². The fourth-order valence-electron chi connectivity index (χ4n) is 5.18. The number of nitrogens with one attached hydrogen (secondary N) is 1. The van der Waals surface area contributed by atoms with Gasteiger partial charge in [-0.25, -0.2) is 14.5 Å². The van der Waals surface area contributed by atoms with Crippen LogP contribution >= 0.6 is 0 Å². The Labute approximate surface area is 185 Å². The number of fused-ring (bicyclic) bond motifs is 2. The van der Waals surface area contributed by atoms with Crippen molar-refractivity contribution in [3.05, 3.63) is 64.5 Å². The molecule has 2 unspecified atom stereocenters. The molecule has 0 spiro atoms. The van der Waals surface area contributed by atoms with E-state index in [9.17, 15) is 4.79 Å². The molecule has 2 aliphatic rings. The van der Waals surface area contributed by atoms with Crippen molar-refractivity contribution in [2.24, 2.45) is 5.92 Å². The second kappa shape index (κ2) is 7.83. The number of hydrogen-bond acceptors (Lipinski definition) is 6. The molecule has 4 aromatic rings. The van der Waals surface area contributed by atoms with Gasteiger partial charge in [-0.15, -0.1) is 0 Å². The van der Waals surface area contributed by atoms with Gasteiger partial charge >= 0.3 is 0 Å². The maximum atomic E-state index is 12.8. The first-order valence-corrected chi connectivity index (χ1v) is 11.4. The second-order valence-electron chi connectivity index (χ2n) is 9.12. The molecule has 0 bridgehead atoms. The van der Waals surface area contributed by atoms with Gasteiger partial charge in [-0.1, -0.05) is 13.0 Å². The predicted molar refractivity (Wildman–Crippen MR) is 119 cm³/mol. The number of nitrogens with zero attached hydrogens (tertiary/aromatic N) is 6. The first kappa shape index (κ1) is 19.6. The molecule has 166 valence electrons. The van der Waals surface area contributed by atoms with Gasteiger partial charge in [0.25, 0.3) is 5.56 Å². The van der Waals surface area contributed by atoms with Crippen LogP contribution in [0.25, 0.3) is 11.2 Å². The predicted octanol–water partition coefficient (Wildman–Crippen LogP) is 2.19. The zero-order chi connectivity index (χ0) is 21.7. The van der Waals surface area contributed by atoms with E-state index in [2.05, 4.69) is 32.4 Å². The highest BCUT2D eigenvalue weighted by Crippen LogP contribution is 2.31. The lowest BCUT2D eigenvalue weighted by molar-refractivity contribution is 0.0832. The van der Waals surface area contributed by atoms with Gasteiger partial charge in [0.15, 0.2) is 5.52 Å². The summed E-state index contributed by atoms with van der Waals surface area (Å²) < 4.78 is 9.33. The minimum atomic E-state index is -0.119. The van der Waals surface area contributed by atoms with E-state index in [0.29, 0.717) is 11.4 Å². The Morgan fingerprint density at radius 1 is 1.22 bits per heavy atom. The van der Waals surface area contributed by atoms with Crippen LogP contribution in [-0.4, -0.2) is 60.2 Å². The van der Waals surface area contributed by atoms with Gasteiger partial charge in [-0.3, -0.25) is 9.69 Å². The second-order valence-corrected chi connectivity index (χ2v) is 9.12. The molecular weight excluding hydrogens is 406 g/mol. The van der Waals surface area contributed by atoms with Crippen molar-refractivity contribution < 1.29 is 4.74 Å².